The first-order valence-electron chi connectivity index (χ1n) is 9.27. The molecule has 0 atom stereocenters. The third kappa shape index (κ3) is 4.41. The standard InChI is InChI=1S/C21H18FN5O2S/c1-2-29-18-6-4-3-5-17(18)23-20(28)13-30-21-25-24-19-12-11-16(26-27(19)21)14-7-9-15(22)10-8-14/h3-12H,2,13H2,1H3,(H,23,28). The Balaban J connectivity index is 1.48. The lowest BCUT2D eigenvalue weighted by atomic mass is 10.1. The van der Waals surface area contributed by atoms with Crippen LogP contribution in [0.5, 0.6) is 5.75 Å². The maximum Gasteiger partial charge on any atom is 0.234 e. The van der Waals surface area contributed by atoms with Crippen LogP contribution in [0.4, 0.5) is 10.1 Å². The van der Waals surface area contributed by atoms with Crippen LogP contribution >= 0.6 is 11.8 Å². The Morgan fingerprint density at radius 2 is 1.90 bits per heavy atom. The number of halogens is 1. The molecule has 0 saturated carbocycles. The van der Waals surface area contributed by atoms with E-state index in [0.717, 1.165) is 5.56 Å². The minimum Gasteiger partial charge on any atom is -0.492 e. The molecule has 4 aromatic rings. The molecule has 2 aromatic carbocycles. The number of carbonyl (C=O) groups excluding carboxylic acids is 1. The van der Waals surface area contributed by atoms with Crippen molar-refractivity contribution < 1.29 is 13.9 Å². The number of nitrogens with one attached hydrogen (secondary N) is 1. The van der Waals surface area contributed by atoms with Crippen LogP contribution in [-0.2, 0) is 4.79 Å². The minimum absolute atomic E-state index is 0.129. The molecular weight excluding hydrogens is 405 g/mol. The maximum absolute atomic E-state index is 13.2. The molecule has 0 unspecified atom stereocenters. The van der Waals surface area contributed by atoms with Gasteiger partial charge in [-0.15, -0.1) is 10.2 Å². The van der Waals surface area contributed by atoms with E-state index in [1.165, 1.54) is 23.9 Å². The van der Waals surface area contributed by atoms with E-state index >= 15 is 0 Å². The number of rotatable bonds is 7. The lowest BCUT2D eigenvalue weighted by Gasteiger charge is -2.10. The molecule has 30 heavy (non-hydrogen) atoms. The Morgan fingerprint density at radius 3 is 2.70 bits per heavy atom. The molecule has 2 heterocycles. The van der Waals surface area contributed by atoms with Gasteiger partial charge in [0.2, 0.25) is 11.1 Å². The second-order valence-corrected chi connectivity index (χ2v) is 7.19. The largest absolute Gasteiger partial charge is 0.492 e. The fraction of sp³-hybridized carbons (Fsp3) is 0.143. The molecule has 0 aliphatic heterocycles. The third-order valence-electron chi connectivity index (χ3n) is 4.17. The van der Waals surface area contributed by atoms with E-state index in [2.05, 4.69) is 20.6 Å². The van der Waals surface area contributed by atoms with Crippen LogP contribution in [0, 0.1) is 5.82 Å². The van der Waals surface area contributed by atoms with E-state index in [4.69, 9.17) is 4.74 Å². The van der Waals surface area contributed by atoms with Crippen molar-refractivity contribution in [2.75, 3.05) is 17.7 Å². The zero-order valence-corrected chi connectivity index (χ0v) is 16.9. The predicted octanol–water partition coefficient (Wildman–Crippen LogP) is 4.06. The van der Waals surface area contributed by atoms with E-state index in [1.807, 2.05) is 19.1 Å². The highest BCUT2D eigenvalue weighted by Crippen LogP contribution is 2.25. The van der Waals surface area contributed by atoms with Crippen LogP contribution in [0.2, 0.25) is 0 Å². The number of ether oxygens (including phenoxy) is 1. The predicted molar refractivity (Wildman–Crippen MR) is 113 cm³/mol. The SMILES string of the molecule is CCOc1ccccc1NC(=O)CSc1nnc2ccc(-c3ccc(F)cc3)nn12. The summed E-state index contributed by atoms with van der Waals surface area (Å²) in [6, 6.07) is 16.9. The summed E-state index contributed by atoms with van der Waals surface area (Å²) < 4.78 is 20.3. The van der Waals surface area contributed by atoms with Crippen molar-refractivity contribution >= 4 is 29.0 Å². The number of para-hydroxylation sites is 2. The molecular formula is C21H18FN5O2S. The minimum atomic E-state index is -0.308. The van der Waals surface area contributed by atoms with Gasteiger partial charge in [0.1, 0.15) is 11.6 Å². The van der Waals surface area contributed by atoms with E-state index in [1.54, 1.807) is 40.9 Å². The van der Waals surface area contributed by atoms with Crippen LogP contribution in [0.3, 0.4) is 0 Å². The molecule has 2 aromatic heterocycles. The van der Waals surface area contributed by atoms with Crippen molar-refractivity contribution in [1.82, 2.24) is 19.8 Å². The average Bonchev–Trinajstić information content (AvgIpc) is 3.17. The lowest BCUT2D eigenvalue weighted by Crippen LogP contribution is -2.15. The second kappa shape index (κ2) is 8.91. The van der Waals surface area contributed by atoms with E-state index in [-0.39, 0.29) is 17.5 Å². The normalized spacial score (nSPS) is 10.9. The zero-order valence-electron chi connectivity index (χ0n) is 16.1. The number of fused-ring (bicyclic) bond motifs is 1. The Bertz CT molecular complexity index is 1180. The van der Waals surface area contributed by atoms with Gasteiger partial charge in [-0.3, -0.25) is 4.79 Å². The van der Waals surface area contributed by atoms with Crippen molar-refractivity contribution in [3.8, 4) is 17.0 Å². The van der Waals surface area contributed by atoms with Crippen molar-refractivity contribution in [2.45, 2.75) is 12.1 Å². The molecule has 9 heteroatoms. The van der Waals surface area contributed by atoms with Crippen molar-refractivity contribution in [3.63, 3.8) is 0 Å². The van der Waals surface area contributed by atoms with E-state index in [0.29, 0.717) is 34.5 Å². The Labute approximate surface area is 176 Å². The molecule has 1 amide bonds. The van der Waals surface area contributed by atoms with Crippen LogP contribution in [0.15, 0.2) is 65.8 Å². The second-order valence-electron chi connectivity index (χ2n) is 6.24. The summed E-state index contributed by atoms with van der Waals surface area (Å²) in [5, 5.41) is 16.1. The van der Waals surface area contributed by atoms with Gasteiger partial charge >= 0.3 is 0 Å². The molecule has 0 bridgehead atoms. The van der Waals surface area contributed by atoms with Crippen molar-refractivity contribution in [1.29, 1.82) is 0 Å². The number of nitrogens with zero attached hydrogens (tertiary/aromatic N) is 4. The molecule has 0 aliphatic rings. The molecule has 0 spiro atoms. The van der Waals surface area contributed by atoms with Crippen LogP contribution in [-0.4, -0.2) is 38.1 Å². The first kappa shape index (κ1) is 19.8. The van der Waals surface area contributed by atoms with Gasteiger partial charge in [0, 0.05) is 5.56 Å². The number of aromatic nitrogens is 4. The quantitative estimate of drug-likeness (QED) is 0.452. The summed E-state index contributed by atoms with van der Waals surface area (Å²) in [5.74, 6) is 0.247. The number of thioether (sulfide) groups is 1. The fourth-order valence-corrected chi connectivity index (χ4v) is 3.49. The van der Waals surface area contributed by atoms with Gasteiger partial charge in [-0.25, -0.2) is 4.39 Å². The zero-order chi connectivity index (χ0) is 20.9. The van der Waals surface area contributed by atoms with Crippen LogP contribution < -0.4 is 10.1 Å². The highest BCUT2D eigenvalue weighted by Gasteiger charge is 2.13. The third-order valence-corrected chi connectivity index (χ3v) is 5.09. The Hall–Kier alpha value is -3.46. The summed E-state index contributed by atoms with van der Waals surface area (Å²) in [7, 11) is 0. The van der Waals surface area contributed by atoms with Gasteiger partial charge in [0.25, 0.3) is 0 Å². The number of hydrogen-bond donors (Lipinski definition) is 1. The summed E-state index contributed by atoms with van der Waals surface area (Å²) in [6.45, 7) is 2.40. The van der Waals surface area contributed by atoms with Gasteiger partial charge < -0.3 is 10.1 Å². The van der Waals surface area contributed by atoms with Crippen molar-refractivity contribution in [3.05, 3.63) is 66.5 Å². The molecule has 0 radical (unpaired) electrons. The van der Waals surface area contributed by atoms with Crippen LogP contribution in [0.1, 0.15) is 6.92 Å². The first-order valence-corrected chi connectivity index (χ1v) is 10.3. The van der Waals surface area contributed by atoms with Gasteiger partial charge in [-0.2, -0.15) is 9.61 Å². The molecule has 0 aliphatic carbocycles. The van der Waals surface area contributed by atoms with Crippen LogP contribution in [0.25, 0.3) is 16.9 Å². The van der Waals surface area contributed by atoms with E-state index in [9.17, 15) is 9.18 Å². The lowest BCUT2D eigenvalue weighted by molar-refractivity contribution is -0.113. The maximum atomic E-state index is 13.2. The number of benzene rings is 2. The molecule has 4 rings (SSSR count). The summed E-state index contributed by atoms with van der Waals surface area (Å²) >= 11 is 1.22. The molecule has 0 saturated heterocycles. The smallest absolute Gasteiger partial charge is 0.234 e. The summed E-state index contributed by atoms with van der Waals surface area (Å²) in [5.41, 5.74) is 2.60. The monoisotopic (exact) mass is 423 g/mol. The van der Waals surface area contributed by atoms with Gasteiger partial charge in [0.15, 0.2) is 5.65 Å². The van der Waals surface area contributed by atoms with Gasteiger partial charge in [0.05, 0.1) is 23.7 Å². The number of hydrogen-bond acceptors (Lipinski definition) is 6. The number of anilines is 1. The molecule has 152 valence electrons. The highest BCUT2D eigenvalue weighted by molar-refractivity contribution is 7.99. The molecule has 0 fully saturated rings. The van der Waals surface area contributed by atoms with E-state index < -0.39 is 0 Å². The number of amides is 1. The van der Waals surface area contributed by atoms with Gasteiger partial charge in [-0.1, -0.05) is 23.9 Å². The first-order chi connectivity index (χ1) is 14.6. The number of carbonyl (C=O) groups is 1. The fourth-order valence-electron chi connectivity index (χ4n) is 2.80. The summed E-state index contributed by atoms with van der Waals surface area (Å²) in [6.07, 6.45) is 0. The Kier molecular flexibility index (Phi) is 5.89. The van der Waals surface area contributed by atoms with Gasteiger partial charge in [-0.05, 0) is 55.5 Å². The Morgan fingerprint density at radius 1 is 1.10 bits per heavy atom. The highest BCUT2D eigenvalue weighted by atomic mass is 32.2. The molecule has 7 nitrogen and oxygen atoms in total. The summed E-state index contributed by atoms with van der Waals surface area (Å²) in [4.78, 5) is 12.4. The topological polar surface area (TPSA) is 81.4 Å². The molecule has 1 N–H and O–H groups in total. The average molecular weight is 423 g/mol. The van der Waals surface area contributed by atoms with Crippen molar-refractivity contribution in [2.24, 2.45) is 0 Å².